The molecular weight excluding hydrogens is 224 g/mol. The van der Waals surface area contributed by atoms with Crippen molar-refractivity contribution in [1.29, 1.82) is 0 Å². The molecule has 5 nitrogen and oxygen atoms in total. The van der Waals surface area contributed by atoms with Crippen LogP contribution in [0.1, 0.15) is 9.67 Å². The quantitative estimate of drug-likeness (QED) is 0.782. The van der Waals surface area contributed by atoms with Crippen LogP contribution in [0.4, 0.5) is 5.69 Å². The first kappa shape index (κ1) is 10.6. The van der Waals surface area contributed by atoms with Gasteiger partial charge in [-0.3, -0.25) is 4.79 Å². The number of nitrogens with one attached hydrogen (secondary N) is 1. The van der Waals surface area contributed by atoms with Crippen LogP contribution < -0.4 is 11.1 Å². The molecule has 6 heteroatoms. The Balaban J connectivity index is 2.41. The average molecular weight is 234 g/mol. The van der Waals surface area contributed by atoms with Crippen LogP contribution in [-0.4, -0.2) is 22.4 Å². The lowest BCUT2D eigenvalue weighted by molar-refractivity contribution is 0.0963. The van der Waals surface area contributed by atoms with Gasteiger partial charge in [-0.2, -0.15) is 0 Å². The van der Waals surface area contributed by atoms with Crippen LogP contribution in [0.2, 0.25) is 0 Å². The number of fused-ring (bicyclic) bond motifs is 1. The van der Waals surface area contributed by atoms with E-state index in [1.807, 2.05) is 0 Å². The summed E-state index contributed by atoms with van der Waals surface area (Å²) in [5, 5.41) is 2.67. The number of carbonyl (C=O) groups excluding carboxylic acids is 1. The Bertz CT molecular complexity index is 549. The van der Waals surface area contributed by atoms with E-state index in [0.717, 1.165) is 0 Å². The summed E-state index contributed by atoms with van der Waals surface area (Å²) < 4.78 is 0. The highest BCUT2D eigenvalue weighted by atomic mass is 32.1. The molecule has 0 aliphatic rings. The smallest absolute Gasteiger partial charge is 0.263 e. The van der Waals surface area contributed by atoms with Gasteiger partial charge in [-0.25, -0.2) is 9.97 Å². The molecule has 0 fully saturated rings. The highest BCUT2D eigenvalue weighted by Crippen LogP contribution is 2.29. The number of hydrogen-bond acceptors (Lipinski definition) is 5. The van der Waals surface area contributed by atoms with Gasteiger partial charge in [-0.15, -0.1) is 17.9 Å². The molecule has 82 valence electrons. The molecule has 2 aromatic heterocycles. The number of rotatable bonds is 3. The number of hydrogen-bond donors (Lipinski definition) is 2. The lowest BCUT2D eigenvalue weighted by Gasteiger charge is -1.99. The van der Waals surface area contributed by atoms with Gasteiger partial charge in [0.1, 0.15) is 15.2 Å². The number of nitrogens with zero attached hydrogens (tertiary/aromatic N) is 2. The monoisotopic (exact) mass is 234 g/mol. The van der Waals surface area contributed by atoms with Crippen LogP contribution in [0.25, 0.3) is 10.3 Å². The maximum Gasteiger partial charge on any atom is 0.263 e. The molecule has 0 aromatic carbocycles. The molecule has 0 unspecified atom stereocenters. The van der Waals surface area contributed by atoms with E-state index in [1.165, 1.54) is 11.3 Å². The first-order valence-electron chi connectivity index (χ1n) is 4.62. The Kier molecular flexibility index (Phi) is 2.82. The third-order valence-electron chi connectivity index (χ3n) is 1.98. The van der Waals surface area contributed by atoms with Crippen molar-refractivity contribution < 1.29 is 4.79 Å². The van der Waals surface area contributed by atoms with E-state index >= 15 is 0 Å². The minimum Gasteiger partial charge on any atom is -0.396 e. The molecule has 0 saturated heterocycles. The summed E-state index contributed by atoms with van der Waals surface area (Å²) in [6.45, 7) is 3.93. The van der Waals surface area contributed by atoms with Gasteiger partial charge in [0.25, 0.3) is 5.91 Å². The summed E-state index contributed by atoms with van der Waals surface area (Å²) in [5.41, 5.74) is 6.80. The molecule has 0 aliphatic heterocycles. The minimum absolute atomic E-state index is 0.220. The van der Waals surface area contributed by atoms with Gasteiger partial charge in [0.15, 0.2) is 0 Å². The first-order valence-corrected chi connectivity index (χ1v) is 5.43. The van der Waals surface area contributed by atoms with Crippen LogP contribution in [0.5, 0.6) is 0 Å². The van der Waals surface area contributed by atoms with Crippen molar-refractivity contribution in [3.8, 4) is 0 Å². The lowest BCUT2D eigenvalue weighted by Crippen LogP contribution is -2.22. The largest absolute Gasteiger partial charge is 0.396 e. The summed E-state index contributed by atoms with van der Waals surface area (Å²) >= 11 is 1.24. The predicted octanol–water partition coefficient (Wildman–Crippen LogP) is 1.19. The van der Waals surface area contributed by atoms with E-state index in [1.54, 1.807) is 18.5 Å². The number of amides is 1. The standard InChI is InChI=1S/C10H10N4OS/c1-2-3-13-9(15)8-6(11)7-10(16-8)14-5-4-12-7/h2,4-5H,1,3,11H2,(H,13,15). The molecule has 16 heavy (non-hydrogen) atoms. The number of aromatic nitrogens is 2. The first-order chi connectivity index (χ1) is 7.74. The highest BCUT2D eigenvalue weighted by Gasteiger charge is 2.16. The molecule has 1 amide bonds. The number of carbonyl (C=O) groups is 1. The van der Waals surface area contributed by atoms with E-state index in [0.29, 0.717) is 27.5 Å². The molecule has 0 spiro atoms. The maximum absolute atomic E-state index is 11.7. The Hall–Kier alpha value is -1.95. The molecule has 0 radical (unpaired) electrons. The van der Waals surface area contributed by atoms with Gasteiger partial charge < -0.3 is 11.1 Å². The molecule has 2 heterocycles. The zero-order chi connectivity index (χ0) is 11.5. The Morgan fingerprint density at radius 3 is 3.00 bits per heavy atom. The van der Waals surface area contributed by atoms with Crippen LogP contribution >= 0.6 is 11.3 Å². The summed E-state index contributed by atoms with van der Waals surface area (Å²) in [5.74, 6) is -0.220. The van der Waals surface area contributed by atoms with Crippen LogP contribution in [0.15, 0.2) is 25.0 Å². The number of anilines is 1. The van der Waals surface area contributed by atoms with Crippen LogP contribution in [0, 0.1) is 0 Å². The lowest BCUT2D eigenvalue weighted by atomic mass is 10.3. The Labute approximate surface area is 96.0 Å². The second-order valence-electron chi connectivity index (χ2n) is 3.05. The van der Waals surface area contributed by atoms with Gasteiger partial charge in [0.05, 0.1) is 5.69 Å². The second kappa shape index (κ2) is 4.28. The zero-order valence-corrected chi connectivity index (χ0v) is 9.25. The fraction of sp³-hybridized carbons (Fsp3) is 0.100. The van der Waals surface area contributed by atoms with Crippen molar-refractivity contribution in [1.82, 2.24) is 15.3 Å². The van der Waals surface area contributed by atoms with Crippen LogP contribution in [0.3, 0.4) is 0 Å². The molecular formula is C10H10N4OS. The summed E-state index contributed by atoms with van der Waals surface area (Å²) in [6, 6.07) is 0. The van der Waals surface area contributed by atoms with Gasteiger partial charge in [-0.05, 0) is 0 Å². The van der Waals surface area contributed by atoms with Crippen molar-refractivity contribution in [2.24, 2.45) is 0 Å². The normalized spacial score (nSPS) is 10.2. The molecule has 0 aliphatic carbocycles. The van der Waals surface area contributed by atoms with E-state index in [9.17, 15) is 4.79 Å². The third-order valence-corrected chi connectivity index (χ3v) is 3.08. The van der Waals surface area contributed by atoms with Gasteiger partial charge in [0, 0.05) is 18.9 Å². The maximum atomic E-state index is 11.7. The van der Waals surface area contributed by atoms with Crippen molar-refractivity contribution in [2.45, 2.75) is 0 Å². The van der Waals surface area contributed by atoms with Crippen molar-refractivity contribution >= 4 is 33.3 Å². The number of nitrogens with two attached hydrogens (primary N) is 1. The number of thiophene rings is 1. The van der Waals surface area contributed by atoms with E-state index in [2.05, 4.69) is 21.9 Å². The Morgan fingerprint density at radius 1 is 1.56 bits per heavy atom. The van der Waals surface area contributed by atoms with Gasteiger partial charge in [-0.1, -0.05) is 6.08 Å². The van der Waals surface area contributed by atoms with E-state index < -0.39 is 0 Å². The molecule has 0 atom stereocenters. The van der Waals surface area contributed by atoms with Gasteiger partial charge in [0.2, 0.25) is 0 Å². The van der Waals surface area contributed by atoms with E-state index in [4.69, 9.17) is 5.73 Å². The molecule has 2 rings (SSSR count). The highest BCUT2D eigenvalue weighted by molar-refractivity contribution is 7.21. The van der Waals surface area contributed by atoms with Crippen molar-refractivity contribution in [2.75, 3.05) is 12.3 Å². The van der Waals surface area contributed by atoms with Crippen molar-refractivity contribution in [3.05, 3.63) is 29.9 Å². The topological polar surface area (TPSA) is 80.9 Å². The molecule has 3 N–H and O–H groups in total. The Morgan fingerprint density at radius 2 is 2.31 bits per heavy atom. The summed E-state index contributed by atoms with van der Waals surface area (Å²) in [7, 11) is 0. The SMILES string of the molecule is C=CCNC(=O)c1sc2nccnc2c1N. The summed E-state index contributed by atoms with van der Waals surface area (Å²) in [4.78, 5) is 21.0. The van der Waals surface area contributed by atoms with Gasteiger partial charge >= 0.3 is 0 Å². The fourth-order valence-corrected chi connectivity index (χ4v) is 2.20. The molecule has 0 bridgehead atoms. The van der Waals surface area contributed by atoms with Crippen LogP contribution in [-0.2, 0) is 0 Å². The minimum atomic E-state index is -0.220. The second-order valence-corrected chi connectivity index (χ2v) is 4.05. The van der Waals surface area contributed by atoms with E-state index in [-0.39, 0.29) is 5.91 Å². The van der Waals surface area contributed by atoms with Crippen molar-refractivity contribution in [3.63, 3.8) is 0 Å². The third kappa shape index (κ3) is 1.74. The summed E-state index contributed by atoms with van der Waals surface area (Å²) in [6.07, 6.45) is 4.73. The zero-order valence-electron chi connectivity index (χ0n) is 8.43. The number of nitrogen functional groups attached to an aromatic ring is 1. The average Bonchev–Trinajstić information content (AvgIpc) is 2.64. The molecule has 0 saturated carbocycles. The fourth-order valence-electron chi connectivity index (χ4n) is 1.26. The molecule has 2 aromatic rings. The predicted molar refractivity (Wildman–Crippen MR) is 64.4 cm³/mol.